The Morgan fingerprint density at radius 2 is 2.23 bits per heavy atom. The number of halogens is 1. The van der Waals surface area contributed by atoms with E-state index in [2.05, 4.69) is 26.7 Å². The molecule has 4 atom stereocenters. The summed E-state index contributed by atoms with van der Waals surface area (Å²) in [5, 5.41) is 8.52. The molecule has 0 amide bonds. The summed E-state index contributed by atoms with van der Waals surface area (Å²) in [4.78, 5) is 2.62. The van der Waals surface area contributed by atoms with Crippen LogP contribution in [0.1, 0.15) is 0 Å². The van der Waals surface area contributed by atoms with E-state index in [1.165, 1.54) is 0 Å². The van der Waals surface area contributed by atoms with Crippen LogP contribution in [0.2, 0.25) is 0 Å². The maximum absolute atomic E-state index is 8.52. The van der Waals surface area contributed by atoms with Gasteiger partial charge in [-0.1, -0.05) is 18.1 Å². The molecule has 2 aliphatic rings. The van der Waals surface area contributed by atoms with Gasteiger partial charge in [0.25, 0.3) is 0 Å². The zero-order valence-corrected chi connectivity index (χ0v) is 8.40. The number of hydrogen-bond donors (Lipinski definition) is 1. The van der Waals surface area contributed by atoms with Gasteiger partial charge in [0.15, 0.2) is 0 Å². The number of hydrogen-bond acceptors (Lipinski definition) is 3. The Bertz CT molecular complexity index is 278. The summed E-state index contributed by atoms with van der Waals surface area (Å²) in [6.45, 7) is 0.0583. The predicted octanol–water partition coefficient (Wildman–Crippen LogP) is 0.425. The van der Waals surface area contributed by atoms with Crippen molar-refractivity contribution in [2.75, 3.05) is 6.61 Å². The summed E-state index contributed by atoms with van der Waals surface area (Å²) in [5.41, 5.74) is 0. The first-order valence-electron chi connectivity index (χ1n) is 4.06. The Labute approximate surface area is 84.8 Å². The minimum absolute atomic E-state index is 0.0249. The van der Waals surface area contributed by atoms with E-state index >= 15 is 0 Å². The number of aliphatic hydroxyl groups is 1. The van der Waals surface area contributed by atoms with Crippen LogP contribution in [-0.4, -0.2) is 36.1 Å². The van der Waals surface area contributed by atoms with Gasteiger partial charge < -0.3 is 14.6 Å². The molecule has 2 saturated heterocycles. The van der Waals surface area contributed by atoms with Gasteiger partial charge in [0.1, 0.15) is 24.4 Å². The molecule has 0 aromatic carbocycles. The lowest BCUT2D eigenvalue weighted by molar-refractivity contribution is 0.316. The van der Waals surface area contributed by atoms with Crippen molar-refractivity contribution in [3.63, 3.8) is 0 Å². The average molecular weight is 245 g/mol. The third-order valence-electron chi connectivity index (χ3n) is 2.04. The first-order valence-corrected chi connectivity index (χ1v) is 4.85. The SMILES string of the molecule is OC/C=C/[C@@H]1O[C@H]1[C@@H]1O[C@H]1C#CBr. The minimum Gasteiger partial charge on any atom is -0.392 e. The van der Waals surface area contributed by atoms with Crippen molar-refractivity contribution >= 4 is 15.9 Å². The van der Waals surface area contributed by atoms with E-state index in [1.807, 2.05) is 6.08 Å². The molecule has 0 radical (unpaired) electrons. The summed E-state index contributed by atoms with van der Waals surface area (Å²) in [6, 6.07) is 0. The fourth-order valence-electron chi connectivity index (χ4n) is 1.29. The largest absolute Gasteiger partial charge is 0.392 e. The second-order valence-corrected chi connectivity index (χ2v) is 3.33. The molecule has 1 N–H and O–H groups in total. The van der Waals surface area contributed by atoms with E-state index in [4.69, 9.17) is 14.6 Å². The number of aliphatic hydroxyl groups excluding tert-OH is 1. The molecule has 2 heterocycles. The standard InChI is InChI=1S/C9H9BrO3/c10-4-3-7-9(13-7)8-6(12-8)2-1-5-11/h1-2,6-9,11H,5H2/b2-1+/t6-,7-,8+,9+/m0/s1. The van der Waals surface area contributed by atoms with Crippen molar-refractivity contribution in [1.29, 1.82) is 0 Å². The van der Waals surface area contributed by atoms with Crippen molar-refractivity contribution in [2.45, 2.75) is 24.4 Å². The Morgan fingerprint density at radius 1 is 1.38 bits per heavy atom. The van der Waals surface area contributed by atoms with E-state index in [0.717, 1.165) is 0 Å². The lowest BCUT2D eigenvalue weighted by Crippen LogP contribution is -2.03. The topological polar surface area (TPSA) is 45.3 Å². The third kappa shape index (κ3) is 2.12. The molecular weight excluding hydrogens is 236 g/mol. The molecule has 0 aliphatic carbocycles. The van der Waals surface area contributed by atoms with Gasteiger partial charge in [0.05, 0.1) is 6.61 Å². The van der Waals surface area contributed by atoms with Gasteiger partial charge in [0, 0.05) is 15.9 Å². The first-order chi connectivity index (χ1) is 6.36. The second kappa shape index (κ2) is 3.81. The number of epoxide rings is 2. The number of rotatable bonds is 3. The monoisotopic (exact) mass is 244 g/mol. The van der Waals surface area contributed by atoms with E-state index in [9.17, 15) is 0 Å². The Balaban J connectivity index is 1.75. The quantitative estimate of drug-likeness (QED) is 0.445. The van der Waals surface area contributed by atoms with Crippen LogP contribution in [0.3, 0.4) is 0 Å². The van der Waals surface area contributed by atoms with Crippen LogP contribution in [0.4, 0.5) is 0 Å². The highest BCUT2D eigenvalue weighted by molar-refractivity contribution is 9.12. The van der Waals surface area contributed by atoms with Crippen molar-refractivity contribution < 1.29 is 14.6 Å². The predicted molar refractivity (Wildman–Crippen MR) is 50.3 cm³/mol. The molecule has 70 valence electrons. The third-order valence-corrected chi connectivity index (χ3v) is 2.27. The van der Waals surface area contributed by atoms with E-state index in [1.54, 1.807) is 6.08 Å². The fourth-order valence-corrected chi connectivity index (χ4v) is 1.52. The Kier molecular flexibility index (Phi) is 2.70. The lowest BCUT2D eigenvalue weighted by atomic mass is 10.2. The molecule has 2 aliphatic heterocycles. The van der Waals surface area contributed by atoms with E-state index in [-0.39, 0.29) is 31.0 Å². The molecule has 0 aromatic heterocycles. The van der Waals surface area contributed by atoms with Gasteiger partial charge in [-0.05, 0) is 4.83 Å². The minimum atomic E-state index is 0.0249. The molecule has 0 bridgehead atoms. The Hall–Kier alpha value is -0.340. The summed E-state index contributed by atoms with van der Waals surface area (Å²) >= 11 is 3.02. The number of ether oxygens (including phenoxy) is 2. The summed E-state index contributed by atoms with van der Waals surface area (Å²) < 4.78 is 10.6. The van der Waals surface area contributed by atoms with Gasteiger partial charge in [-0.25, -0.2) is 0 Å². The van der Waals surface area contributed by atoms with E-state index in [0.29, 0.717) is 0 Å². The molecular formula is C9H9BrO3. The molecule has 0 unspecified atom stereocenters. The molecule has 0 saturated carbocycles. The first kappa shape index (κ1) is 9.22. The van der Waals surface area contributed by atoms with Crippen molar-refractivity contribution in [1.82, 2.24) is 0 Å². The lowest BCUT2D eigenvalue weighted by Gasteiger charge is -1.79. The molecule has 4 heteroatoms. The normalized spacial score (nSPS) is 41.4. The second-order valence-electron chi connectivity index (χ2n) is 2.94. The average Bonchev–Trinajstić information content (AvgIpc) is 2.94. The van der Waals surface area contributed by atoms with Crippen LogP contribution < -0.4 is 0 Å². The highest BCUT2D eigenvalue weighted by atomic mass is 79.9. The van der Waals surface area contributed by atoms with Crippen LogP contribution in [0.5, 0.6) is 0 Å². The molecule has 3 nitrogen and oxygen atoms in total. The zero-order chi connectivity index (χ0) is 9.26. The van der Waals surface area contributed by atoms with Crippen LogP contribution >= 0.6 is 15.9 Å². The van der Waals surface area contributed by atoms with Crippen LogP contribution in [0.25, 0.3) is 0 Å². The van der Waals surface area contributed by atoms with Gasteiger partial charge in [-0.3, -0.25) is 0 Å². The van der Waals surface area contributed by atoms with Crippen molar-refractivity contribution in [3.05, 3.63) is 12.2 Å². The maximum Gasteiger partial charge on any atom is 0.148 e. The summed E-state index contributed by atoms with van der Waals surface area (Å²) in [6.07, 6.45) is 3.93. The zero-order valence-electron chi connectivity index (χ0n) is 6.81. The molecule has 0 aromatic rings. The van der Waals surface area contributed by atoms with Gasteiger partial charge in [0.2, 0.25) is 0 Å². The smallest absolute Gasteiger partial charge is 0.148 e. The van der Waals surface area contributed by atoms with Crippen molar-refractivity contribution in [2.24, 2.45) is 0 Å². The van der Waals surface area contributed by atoms with Crippen LogP contribution in [0.15, 0.2) is 12.2 Å². The maximum atomic E-state index is 8.52. The Morgan fingerprint density at radius 3 is 2.92 bits per heavy atom. The molecule has 0 spiro atoms. The van der Waals surface area contributed by atoms with Crippen LogP contribution in [-0.2, 0) is 9.47 Å². The molecule has 2 fully saturated rings. The highest BCUT2D eigenvalue weighted by Gasteiger charge is 2.55. The molecule has 13 heavy (non-hydrogen) atoms. The van der Waals surface area contributed by atoms with Crippen LogP contribution in [0, 0.1) is 10.8 Å². The van der Waals surface area contributed by atoms with Gasteiger partial charge in [-0.2, -0.15) is 0 Å². The highest BCUT2D eigenvalue weighted by Crippen LogP contribution is 2.38. The summed E-state index contributed by atoms with van der Waals surface area (Å²) in [5.74, 6) is 2.86. The van der Waals surface area contributed by atoms with Crippen molar-refractivity contribution in [3.8, 4) is 10.8 Å². The van der Waals surface area contributed by atoms with E-state index < -0.39 is 0 Å². The van der Waals surface area contributed by atoms with Gasteiger partial charge >= 0.3 is 0 Å². The summed E-state index contributed by atoms with van der Waals surface area (Å²) in [7, 11) is 0. The molecule has 2 rings (SSSR count). The van der Waals surface area contributed by atoms with Gasteiger partial charge in [-0.15, -0.1) is 0 Å². The fraction of sp³-hybridized carbons (Fsp3) is 0.556.